The number of anilines is 1. The van der Waals surface area contributed by atoms with Crippen LogP contribution in [0.5, 0.6) is 0 Å². The average molecular weight is 448 g/mol. The van der Waals surface area contributed by atoms with E-state index in [0.29, 0.717) is 17.5 Å². The fourth-order valence-electron chi connectivity index (χ4n) is 2.80. The number of carbonyl (C=O) groups is 3. The van der Waals surface area contributed by atoms with Gasteiger partial charge in [0.1, 0.15) is 0 Å². The molecule has 0 saturated carbocycles. The van der Waals surface area contributed by atoms with Crippen molar-refractivity contribution in [2.75, 3.05) is 11.9 Å². The lowest BCUT2D eigenvalue weighted by atomic mass is 10.1. The molecule has 2 aromatic rings. The molecule has 1 heterocycles. The fraction of sp³-hybridized carbons (Fsp3) is 0.211. The Labute approximate surface area is 159 Å². The van der Waals surface area contributed by atoms with Gasteiger partial charge in [0.15, 0.2) is 0 Å². The third-order valence-electron chi connectivity index (χ3n) is 4.02. The summed E-state index contributed by atoms with van der Waals surface area (Å²) in [4.78, 5) is 37.9. The molecule has 0 unspecified atom stereocenters. The second-order valence-corrected chi connectivity index (χ2v) is 7.22. The number of fused-ring (bicyclic) bond motifs is 1. The molecule has 0 spiro atoms. The molecular weight excluding hydrogens is 431 g/mol. The highest BCUT2D eigenvalue weighted by molar-refractivity contribution is 14.1. The van der Waals surface area contributed by atoms with Crippen LogP contribution >= 0.6 is 22.6 Å². The molecule has 0 aromatic heterocycles. The van der Waals surface area contributed by atoms with Crippen LogP contribution in [0.4, 0.5) is 5.69 Å². The molecule has 3 amide bonds. The number of amides is 3. The third kappa shape index (κ3) is 3.89. The van der Waals surface area contributed by atoms with Crippen molar-refractivity contribution >= 4 is 46.0 Å². The first-order valence-electron chi connectivity index (χ1n) is 7.98. The highest BCUT2D eigenvalue weighted by Crippen LogP contribution is 2.24. The first-order valence-corrected chi connectivity index (χ1v) is 9.06. The minimum absolute atomic E-state index is 0.130. The number of nitrogens with one attached hydrogen (secondary N) is 1. The second kappa shape index (κ2) is 7.35. The highest BCUT2D eigenvalue weighted by atomic mass is 127. The molecule has 5 nitrogen and oxygen atoms in total. The number of nitrogens with zero attached hydrogens (tertiary/aromatic N) is 1. The van der Waals surface area contributed by atoms with Gasteiger partial charge in [0, 0.05) is 22.2 Å². The maximum atomic E-state index is 12.4. The zero-order chi connectivity index (χ0) is 18.0. The van der Waals surface area contributed by atoms with E-state index in [1.165, 1.54) is 4.90 Å². The van der Waals surface area contributed by atoms with Crippen molar-refractivity contribution in [3.63, 3.8) is 0 Å². The topological polar surface area (TPSA) is 66.5 Å². The highest BCUT2D eigenvalue weighted by Gasteiger charge is 2.34. The van der Waals surface area contributed by atoms with E-state index in [9.17, 15) is 14.4 Å². The van der Waals surface area contributed by atoms with Crippen LogP contribution < -0.4 is 5.32 Å². The van der Waals surface area contributed by atoms with E-state index >= 15 is 0 Å². The summed E-state index contributed by atoms with van der Waals surface area (Å²) < 4.78 is 1.04. The Morgan fingerprint density at radius 2 is 1.84 bits per heavy atom. The SMILES string of the molecule is Cc1ccc2c(c1)C(=O)N(CCCC(=O)Nc1cccc(I)c1)C2=O. The smallest absolute Gasteiger partial charge is 0.261 e. The molecule has 25 heavy (non-hydrogen) atoms. The van der Waals surface area contributed by atoms with Crippen LogP contribution in [0.1, 0.15) is 39.1 Å². The summed E-state index contributed by atoms with van der Waals surface area (Å²) in [5.74, 6) is -0.686. The standard InChI is InChI=1S/C19H17IN2O3/c1-12-7-8-15-16(10-12)19(25)22(18(15)24)9-3-6-17(23)21-14-5-2-4-13(20)11-14/h2,4-5,7-8,10-11H,3,6,9H2,1H3,(H,21,23). The first-order chi connectivity index (χ1) is 12.0. The minimum atomic E-state index is -0.280. The van der Waals surface area contributed by atoms with Gasteiger partial charge in [-0.1, -0.05) is 17.7 Å². The molecule has 1 aliphatic heterocycles. The average Bonchev–Trinajstić information content (AvgIpc) is 2.79. The number of halogens is 1. The van der Waals surface area contributed by atoms with E-state index in [0.717, 1.165) is 14.8 Å². The molecule has 2 aromatic carbocycles. The maximum absolute atomic E-state index is 12.4. The Morgan fingerprint density at radius 3 is 2.60 bits per heavy atom. The molecule has 1 N–H and O–H groups in total. The molecule has 6 heteroatoms. The molecule has 3 rings (SSSR count). The number of imide groups is 1. The molecular formula is C19H17IN2O3. The van der Waals surface area contributed by atoms with Crippen LogP contribution in [0.25, 0.3) is 0 Å². The largest absolute Gasteiger partial charge is 0.326 e. The van der Waals surface area contributed by atoms with Gasteiger partial charge in [0.05, 0.1) is 11.1 Å². The summed E-state index contributed by atoms with van der Waals surface area (Å²) in [6, 6.07) is 12.8. The van der Waals surface area contributed by atoms with E-state index in [1.807, 2.05) is 37.3 Å². The Morgan fingerprint density at radius 1 is 1.08 bits per heavy atom. The van der Waals surface area contributed by atoms with E-state index in [2.05, 4.69) is 27.9 Å². The predicted molar refractivity (Wildman–Crippen MR) is 104 cm³/mol. The number of rotatable bonds is 5. The number of carbonyl (C=O) groups excluding carboxylic acids is 3. The Balaban J connectivity index is 1.55. The second-order valence-electron chi connectivity index (χ2n) is 5.97. The molecule has 0 atom stereocenters. The first kappa shape index (κ1) is 17.6. The number of aryl methyl sites for hydroxylation is 1. The molecule has 0 radical (unpaired) electrons. The molecule has 0 saturated heterocycles. The fourth-order valence-corrected chi connectivity index (χ4v) is 3.34. The van der Waals surface area contributed by atoms with Gasteiger partial charge in [-0.15, -0.1) is 0 Å². The summed E-state index contributed by atoms with van der Waals surface area (Å²) >= 11 is 2.18. The van der Waals surface area contributed by atoms with Crippen LogP contribution in [0.3, 0.4) is 0 Å². The Hall–Kier alpha value is -2.22. The molecule has 1 aliphatic rings. The number of hydrogen-bond acceptors (Lipinski definition) is 3. The van der Waals surface area contributed by atoms with Gasteiger partial charge in [-0.05, 0) is 66.3 Å². The normalized spacial score (nSPS) is 13.1. The monoisotopic (exact) mass is 448 g/mol. The minimum Gasteiger partial charge on any atom is -0.326 e. The van der Waals surface area contributed by atoms with Crippen LogP contribution in [-0.4, -0.2) is 29.2 Å². The zero-order valence-electron chi connectivity index (χ0n) is 13.7. The van der Waals surface area contributed by atoms with Gasteiger partial charge >= 0.3 is 0 Å². The van der Waals surface area contributed by atoms with Crippen LogP contribution in [0.2, 0.25) is 0 Å². The van der Waals surface area contributed by atoms with Gasteiger partial charge in [-0.2, -0.15) is 0 Å². The van der Waals surface area contributed by atoms with Crippen molar-refractivity contribution in [3.8, 4) is 0 Å². The van der Waals surface area contributed by atoms with Crippen molar-refractivity contribution in [1.29, 1.82) is 0 Å². The summed E-state index contributed by atoms with van der Waals surface area (Å²) in [6.07, 6.45) is 0.679. The lowest BCUT2D eigenvalue weighted by Gasteiger charge is -2.13. The number of hydrogen-bond donors (Lipinski definition) is 1. The maximum Gasteiger partial charge on any atom is 0.261 e. The van der Waals surface area contributed by atoms with Crippen molar-refractivity contribution in [3.05, 3.63) is 62.7 Å². The molecule has 128 valence electrons. The quantitative estimate of drug-likeness (QED) is 0.562. The van der Waals surface area contributed by atoms with Crippen molar-refractivity contribution in [2.24, 2.45) is 0 Å². The van der Waals surface area contributed by atoms with Gasteiger partial charge in [-0.25, -0.2) is 0 Å². The predicted octanol–water partition coefficient (Wildman–Crippen LogP) is 3.61. The van der Waals surface area contributed by atoms with E-state index < -0.39 is 0 Å². The summed E-state index contributed by atoms with van der Waals surface area (Å²) in [5, 5.41) is 2.82. The molecule has 0 fully saturated rings. The van der Waals surface area contributed by atoms with Crippen molar-refractivity contribution in [1.82, 2.24) is 4.90 Å². The van der Waals surface area contributed by atoms with E-state index in [1.54, 1.807) is 12.1 Å². The zero-order valence-corrected chi connectivity index (χ0v) is 15.9. The lowest BCUT2D eigenvalue weighted by molar-refractivity contribution is -0.116. The van der Waals surface area contributed by atoms with E-state index in [4.69, 9.17) is 0 Å². The van der Waals surface area contributed by atoms with Crippen molar-refractivity contribution in [2.45, 2.75) is 19.8 Å². The van der Waals surface area contributed by atoms with Gasteiger partial charge < -0.3 is 5.32 Å². The van der Waals surface area contributed by atoms with Crippen LogP contribution in [0.15, 0.2) is 42.5 Å². The lowest BCUT2D eigenvalue weighted by Crippen LogP contribution is -2.31. The van der Waals surface area contributed by atoms with Crippen LogP contribution in [0, 0.1) is 10.5 Å². The van der Waals surface area contributed by atoms with E-state index in [-0.39, 0.29) is 30.7 Å². The van der Waals surface area contributed by atoms with Gasteiger partial charge in [-0.3, -0.25) is 19.3 Å². The number of benzene rings is 2. The summed E-state index contributed by atoms with van der Waals surface area (Å²) in [6.45, 7) is 2.13. The Bertz CT molecular complexity index is 863. The van der Waals surface area contributed by atoms with Gasteiger partial charge in [0.2, 0.25) is 5.91 Å². The Kier molecular flexibility index (Phi) is 5.17. The molecule has 0 bridgehead atoms. The van der Waals surface area contributed by atoms with Crippen molar-refractivity contribution < 1.29 is 14.4 Å². The molecule has 0 aliphatic carbocycles. The summed E-state index contributed by atoms with van der Waals surface area (Å²) in [7, 11) is 0. The third-order valence-corrected chi connectivity index (χ3v) is 4.69. The summed E-state index contributed by atoms with van der Waals surface area (Å²) in [5.41, 5.74) is 2.58. The van der Waals surface area contributed by atoms with Crippen LogP contribution in [-0.2, 0) is 4.79 Å². The van der Waals surface area contributed by atoms with Gasteiger partial charge in [0.25, 0.3) is 11.8 Å².